The van der Waals surface area contributed by atoms with Crippen molar-refractivity contribution in [2.45, 2.75) is 37.9 Å². The van der Waals surface area contributed by atoms with E-state index >= 15 is 0 Å². The van der Waals surface area contributed by atoms with Crippen molar-refractivity contribution >= 4 is 11.7 Å². The minimum absolute atomic E-state index is 0.190. The second kappa shape index (κ2) is 7.12. The Labute approximate surface area is 142 Å². The second-order valence-electron chi connectivity index (χ2n) is 5.84. The highest BCUT2D eigenvalue weighted by atomic mass is 19.4. The summed E-state index contributed by atoms with van der Waals surface area (Å²) < 4.78 is 42.6. The second-order valence-corrected chi connectivity index (χ2v) is 5.84. The zero-order valence-electron chi connectivity index (χ0n) is 13.3. The van der Waals surface area contributed by atoms with Crippen molar-refractivity contribution in [3.8, 4) is 5.88 Å². The summed E-state index contributed by atoms with van der Waals surface area (Å²) in [6.45, 7) is -1.42. The molecule has 1 aliphatic carbocycles. The van der Waals surface area contributed by atoms with Gasteiger partial charge in [-0.3, -0.25) is 4.79 Å². The van der Waals surface area contributed by atoms with Gasteiger partial charge in [0, 0.05) is 18.3 Å². The van der Waals surface area contributed by atoms with E-state index in [4.69, 9.17) is 0 Å². The highest BCUT2D eigenvalue weighted by molar-refractivity contribution is 6.03. The zero-order chi connectivity index (χ0) is 17.9. The average molecular weight is 354 g/mol. The summed E-state index contributed by atoms with van der Waals surface area (Å²) in [6, 6.07) is 4.59. The van der Waals surface area contributed by atoms with Crippen LogP contribution in [0.4, 0.5) is 19.0 Å². The third kappa shape index (κ3) is 4.49. The molecule has 0 unspecified atom stereocenters. The van der Waals surface area contributed by atoms with Crippen molar-refractivity contribution < 1.29 is 22.7 Å². The summed E-state index contributed by atoms with van der Waals surface area (Å²) in [5.74, 6) is -0.00575. The van der Waals surface area contributed by atoms with E-state index in [9.17, 15) is 18.0 Å². The number of nitrogens with one attached hydrogen (secondary N) is 1. The van der Waals surface area contributed by atoms with E-state index in [0.29, 0.717) is 5.82 Å². The van der Waals surface area contributed by atoms with Crippen LogP contribution in [0.25, 0.3) is 0 Å². The van der Waals surface area contributed by atoms with Crippen LogP contribution < -0.4 is 10.1 Å². The summed E-state index contributed by atoms with van der Waals surface area (Å²) >= 11 is 0. The van der Waals surface area contributed by atoms with Crippen LogP contribution in [0.3, 0.4) is 0 Å². The molecule has 2 aromatic rings. The highest BCUT2D eigenvalue weighted by Gasteiger charge is 2.28. The number of anilines is 1. The molecule has 1 aliphatic rings. The van der Waals surface area contributed by atoms with Crippen LogP contribution in [-0.4, -0.2) is 33.5 Å². The molecule has 2 aromatic heterocycles. The predicted molar refractivity (Wildman–Crippen MR) is 83.5 cm³/mol. The maximum absolute atomic E-state index is 12.3. The smallest absolute Gasteiger partial charge is 0.422 e. The van der Waals surface area contributed by atoms with Crippen molar-refractivity contribution in [2.75, 3.05) is 11.9 Å². The van der Waals surface area contributed by atoms with Gasteiger partial charge in [-0.1, -0.05) is 12.8 Å². The Morgan fingerprint density at radius 1 is 1.28 bits per heavy atom. The van der Waals surface area contributed by atoms with Gasteiger partial charge in [0.25, 0.3) is 5.91 Å². The van der Waals surface area contributed by atoms with E-state index in [1.54, 1.807) is 16.9 Å². The van der Waals surface area contributed by atoms with Crippen LogP contribution in [0.1, 0.15) is 42.1 Å². The number of hydrogen-bond donors (Lipinski definition) is 1. The fraction of sp³-hybridized carbons (Fsp3) is 0.438. The monoisotopic (exact) mass is 354 g/mol. The fourth-order valence-corrected chi connectivity index (χ4v) is 2.80. The van der Waals surface area contributed by atoms with E-state index < -0.39 is 18.7 Å². The Morgan fingerprint density at radius 2 is 2.04 bits per heavy atom. The number of hydrogen-bond acceptors (Lipinski definition) is 4. The first-order chi connectivity index (χ1) is 11.9. The maximum Gasteiger partial charge on any atom is 0.422 e. The van der Waals surface area contributed by atoms with E-state index in [1.807, 2.05) is 0 Å². The van der Waals surface area contributed by atoms with Gasteiger partial charge < -0.3 is 10.1 Å². The number of ether oxygens (including phenoxy) is 1. The molecule has 0 saturated heterocycles. The first-order valence-corrected chi connectivity index (χ1v) is 7.93. The number of rotatable bonds is 5. The number of amides is 1. The van der Waals surface area contributed by atoms with Crippen LogP contribution in [0.5, 0.6) is 5.88 Å². The Bertz CT molecular complexity index is 722. The van der Waals surface area contributed by atoms with Gasteiger partial charge in [-0.05, 0) is 18.9 Å². The van der Waals surface area contributed by atoms with Crippen molar-refractivity contribution in [2.24, 2.45) is 0 Å². The normalized spacial score (nSPS) is 15.3. The van der Waals surface area contributed by atoms with E-state index in [1.165, 1.54) is 18.3 Å². The molecule has 25 heavy (non-hydrogen) atoms. The third-order valence-electron chi connectivity index (χ3n) is 3.96. The number of halogens is 3. The summed E-state index contributed by atoms with van der Waals surface area (Å²) in [5.41, 5.74) is 0.221. The lowest BCUT2D eigenvalue weighted by molar-refractivity contribution is -0.154. The molecule has 1 amide bonds. The van der Waals surface area contributed by atoms with Gasteiger partial charge in [-0.2, -0.15) is 18.3 Å². The molecule has 1 N–H and O–H groups in total. The van der Waals surface area contributed by atoms with Gasteiger partial charge in [0.15, 0.2) is 6.61 Å². The van der Waals surface area contributed by atoms with Crippen molar-refractivity contribution in [3.63, 3.8) is 0 Å². The third-order valence-corrected chi connectivity index (χ3v) is 3.96. The number of carbonyl (C=O) groups excluding carboxylic acids is 1. The lowest BCUT2D eigenvalue weighted by Gasteiger charge is -2.14. The van der Waals surface area contributed by atoms with Crippen LogP contribution >= 0.6 is 0 Å². The fourth-order valence-electron chi connectivity index (χ4n) is 2.80. The van der Waals surface area contributed by atoms with Crippen LogP contribution in [-0.2, 0) is 0 Å². The maximum atomic E-state index is 12.3. The molecule has 1 saturated carbocycles. The van der Waals surface area contributed by atoms with E-state index in [-0.39, 0.29) is 17.5 Å². The Kier molecular flexibility index (Phi) is 4.91. The molecular weight excluding hydrogens is 337 g/mol. The predicted octanol–water partition coefficient (Wildman–Crippen LogP) is 3.59. The largest absolute Gasteiger partial charge is 0.468 e. The summed E-state index contributed by atoms with van der Waals surface area (Å²) in [4.78, 5) is 16.0. The molecule has 2 heterocycles. The molecule has 6 nitrogen and oxygen atoms in total. The zero-order valence-corrected chi connectivity index (χ0v) is 13.3. The molecule has 0 aromatic carbocycles. The minimum Gasteiger partial charge on any atom is -0.468 e. The van der Waals surface area contributed by atoms with E-state index in [2.05, 4.69) is 20.1 Å². The summed E-state index contributed by atoms with van der Waals surface area (Å²) in [5, 5.41) is 7.03. The molecule has 0 bridgehead atoms. The number of alkyl halides is 3. The molecule has 0 atom stereocenters. The first kappa shape index (κ1) is 17.2. The molecular formula is C16H17F3N4O2. The Morgan fingerprint density at radius 3 is 2.68 bits per heavy atom. The van der Waals surface area contributed by atoms with Crippen LogP contribution in [0.2, 0.25) is 0 Å². The van der Waals surface area contributed by atoms with Gasteiger partial charge in [0.05, 0.1) is 17.8 Å². The summed E-state index contributed by atoms with van der Waals surface area (Å²) in [7, 11) is 0. The van der Waals surface area contributed by atoms with Crippen LogP contribution in [0, 0.1) is 0 Å². The van der Waals surface area contributed by atoms with Crippen LogP contribution in [0.15, 0.2) is 30.6 Å². The van der Waals surface area contributed by atoms with Gasteiger partial charge in [-0.25, -0.2) is 9.67 Å². The minimum atomic E-state index is -4.43. The molecule has 3 rings (SSSR count). The SMILES string of the molecule is O=C(Nc1ccnn1C1CCCC1)c1ccc(OCC(F)(F)F)nc1. The van der Waals surface area contributed by atoms with Gasteiger partial charge in [0.1, 0.15) is 5.82 Å². The van der Waals surface area contributed by atoms with Gasteiger partial charge >= 0.3 is 6.18 Å². The molecule has 9 heteroatoms. The molecule has 0 radical (unpaired) electrons. The Hall–Kier alpha value is -2.58. The summed E-state index contributed by atoms with van der Waals surface area (Å²) in [6.07, 6.45) is 2.70. The number of carbonyl (C=O) groups is 1. The van der Waals surface area contributed by atoms with Crippen molar-refractivity contribution in [1.82, 2.24) is 14.8 Å². The molecule has 1 fully saturated rings. The lowest BCUT2D eigenvalue weighted by Crippen LogP contribution is -2.20. The van der Waals surface area contributed by atoms with Crippen molar-refractivity contribution in [1.29, 1.82) is 0 Å². The van der Waals surface area contributed by atoms with Gasteiger partial charge in [0.2, 0.25) is 5.88 Å². The highest BCUT2D eigenvalue weighted by Crippen LogP contribution is 2.31. The molecule has 134 valence electrons. The molecule has 0 aliphatic heterocycles. The number of pyridine rings is 1. The topological polar surface area (TPSA) is 69.0 Å². The quantitative estimate of drug-likeness (QED) is 0.891. The Balaban J connectivity index is 1.63. The molecule has 0 spiro atoms. The lowest BCUT2D eigenvalue weighted by atomic mass is 10.2. The first-order valence-electron chi connectivity index (χ1n) is 7.93. The van der Waals surface area contributed by atoms with E-state index in [0.717, 1.165) is 25.7 Å². The average Bonchev–Trinajstić information content (AvgIpc) is 3.23. The van der Waals surface area contributed by atoms with Crippen molar-refractivity contribution in [3.05, 3.63) is 36.2 Å². The number of aromatic nitrogens is 3. The number of nitrogens with zero attached hydrogens (tertiary/aromatic N) is 3. The van der Waals surface area contributed by atoms with Gasteiger partial charge in [-0.15, -0.1) is 0 Å². The standard InChI is InChI=1S/C16H17F3N4O2/c17-16(18,19)10-25-14-6-5-11(9-20-14)15(24)22-13-7-8-21-23(13)12-3-1-2-4-12/h5-9,12H,1-4,10H2,(H,22,24).